The Kier molecular flexibility index (Phi) is 3.58. The minimum absolute atomic E-state index is 0.157. The van der Waals surface area contributed by atoms with Crippen LogP contribution < -0.4 is 5.32 Å². The zero-order valence-electron chi connectivity index (χ0n) is 11.6. The van der Waals surface area contributed by atoms with E-state index in [1.54, 1.807) is 6.07 Å². The van der Waals surface area contributed by atoms with E-state index >= 15 is 0 Å². The van der Waals surface area contributed by atoms with Crippen molar-refractivity contribution in [2.75, 3.05) is 0 Å². The summed E-state index contributed by atoms with van der Waals surface area (Å²) in [4.78, 5) is 12.0. The maximum absolute atomic E-state index is 12.0. The minimum atomic E-state index is -0.157. The normalized spacial score (nSPS) is 15.7. The average Bonchev–Trinajstić information content (AvgIpc) is 3.16. The molecule has 20 heavy (non-hydrogen) atoms. The van der Waals surface area contributed by atoms with Gasteiger partial charge in [0.25, 0.3) is 5.91 Å². The number of hydrogen-bond donors (Lipinski definition) is 1. The van der Waals surface area contributed by atoms with E-state index in [2.05, 4.69) is 10.4 Å². The van der Waals surface area contributed by atoms with Crippen molar-refractivity contribution in [3.8, 4) is 0 Å². The first-order valence-corrected chi connectivity index (χ1v) is 7.11. The van der Waals surface area contributed by atoms with Crippen molar-refractivity contribution in [3.63, 3.8) is 0 Å². The van der Waals surface area contributed by atoms with E-state index < -0.39 is 0 Å². The van der Waals surface area contributed by atoms with Gasteiger partial charge in [-0.3, -0.25) is 9.48 Å². The van der Waals surface area contributed by atoms with Crippen LogP contribution >= 0.6 is 0 Å². The highest BCUT2D eigenvalue weighted by atomic mass is 16.3. The van der Waals surface area contributed by atoms with Crippen LogP contribution in [0.3, 0.4) is 0 Å². The van der Waals surface area contributed by atoms with Crippen LogP contribution in [0.1, 0.15) is 53.7 Å². The number of nitrogens with zero attached hydrogens (tertiary/aromatic N) is 2. The fraction of sp³-hybridized carbons (Fsp3) is 0.467. The van der Waals surface area contributed by atoms with Crippen LogP contribution in [0, 0.1) is 6.92 Å². The van der Waals surface area contributed by atoms with E-state index in [9.17, 15) is 4.79 Å². The summed E-state index contributed by atoms with van der Waals surface area (Å²) >= 11 is 0. The van der Waals surface area contributed by atoms with Crippen molar-refractivity contribution in [2.45, 2.75) is 45.2 Å². The highest BCUT2D eigenvalue weighted by Crippen LogP contribution is 2.28. The molecule has 0 radical (unpaired) electrons. The molecule has 2 aromatic rings. The van der Waals surface area contributed by atoms with Crippen molar-refractivity contribution < 1.29 is 9.21 Å². The van der Waals surface area contributed by atoms with Gasteiger partial charge in [0.05, 0.1) is 12.6 Å². The first-order chi connectivity index (χ1) is 9.72. The van der Waals surface area contributed by atoms with Gasteiger partial charge in [-0.05, 0) is 38.0 Å². The molecule has 1 aliphatic rings. The van der Waals surface area contributed by atoms with E-state index in [1.165, 1.54) is 12.8 Å². The Balaban J connectivity index is 1.59. The van der Waals surface area contributed by atoms with Gasteiger partial charge in [0.2, 0.25) is 0 Å². The molecule has 5 heteroatoms. The van der Waals surface area contributed by atoms with Gasteiger partial charge >= 0.3 is 0 Å². The third-order valence-corrected chi connectivity index (χ3v) is 3.76. The van der Waals surface area contributed by atoms with Crippen LogP contribution in [0.5, 0.6) is 0 Å². The highest BCUT2D eigenvalue weighted by Gasteiger charge is 2.19. The third-order valence-electron chi connectivity index (χ3n) is 3.76. The first-order valence-electron chi connectivity index (χ1n) is 7.11. The van der Waals surface area contributed by atoms with Gasteiger partial charge in [-0.15, -0.1) is 0 Å². The van der Waals surface area contributed by atoms with E-state index in [0.29, 0.717) is 18.3 Å². The fourth-order valence-electron chi connectivity index (χ4n) is 2.67. The van der Waals surface area contributed by atoms with Crippen LogP contribution in [0.15, 0.2) is 28.8 Å². The molecule has 1 N–H and O–H groups in total. The zero-order valence-corrected chi connectivity index (χ0v) is 11.6. The molecule has 0 spiro atoms. The molecular formula is C15H19N3O2. The number of furan rings is 1. The largest absolute Gasteiger partial charge is 0.465 e. The van der Waals surface area contributed by atoms with E-state index in [4.69, 9.17) is 4.42 Å². The molecule has 0 aliphatic heterocycles. The average molecular weight is 273 g/mol. The van der Waals surface area contributed by atoms with Crippen LogP contribution in [-0.4, -0.2) is 15.7 Å². The molecule has 0 unspecified atom stereocenters. The summed E-state index contributed by atoms with van der Waals surface area (Å²) in [5, 5.41) is 7.21. The number of nitrogens with one attached hydrogen (secondary N) is 1. The van der Waals surface area contributed by atoms with Crippen molar-refractivity contribution in [2.24, 2.45) is 0 Å². The molecular weight excluding hydrogens is 254 g/mol. The van der Waals surface area contributed by atoms with Crippen LogP contribution in [-0.2, 0) is 6.54 Å². The summed E-state index contributed by atoms with van der Waals surface area (Å²) in [6.45, 7) is 2.28. The molecule has 1 aliphatic carbocycles. The van der Waals surface area contributed by atoms with E-state index in [0.717, 1.165) is 24.4 Å². The second-order valence-electron chi connectivity index (χ2n) is 5.31. The third kappa shape index (κ3) is 2.76. The summed E-state index contributed by atoms with van der Waals surface area (Å²) in [5.74, 6) is 1.45. The Morgan fingerprint density at radius 1 is 1.40 bits per heavy atom. The van der Waals surface area contributed by atoms with Gasteiger partial charge in [0.1, 0.15) is 17.2 Å². The predicted molar refractivity (Wildman–Crippen MR) is 74.3 cm³/mol. The van der Waals surface area contributed by atoms with Gasteiger partial charge in [0.15, 0.2) is 0 Å². The zero-order chi connectivity index (χ0) is 13.9. The van der Waals surface area contributed by atoms with E-state index in [-0.39, 0.29) is 5.91 Å². The van der Waals surface area contributed by atoms with Crippen LogP contribution in [0.4, 0.5) is 0 Å². The maximum Gasteiger partial charge on any atom is 0.272 e. The lowest BCUT2D eigenvalue weighted by atomic mass is 10.3. The smallest absolute Gasteiger partial charge is 0.272 e. The van der Waals surface area contributed by atoms with Gasteiger partial charge < -0.3 is 9.73 Å². The lowest BCUT2D eigenvalue weighted by Crippen LogP contribution is -2.23. The quantitative estimate of drug-likeness (QED) is 0.931. The Labute approximate surface area is 118 Å². The lowest BCUT2D eigenvalue weighted by molar-refractivity contribution is 0.0941. The van der Waals surface area contributed by atoms with Gasteiger partial charge in [-0.2, -0.15) is 5.10 Å². The molecule has 106 valence electrons. The van der Waals surface area contributed by atoms with E-state index in [1.807, 2.05) is 29.9 Å². The number of amides is 1. The molecule has 1 fully saturated rings. The van der Waals surface area contributed by atoms with Gasteiger partial charge in [-0.25, -0.2) is 0 Å². The molecule has 3 rings (SSSR count). The Hall–Kier alpha value is -2.04. The molecule has 1 saturated carbocycles. The second-order valence-corrected chi connectivity index (χ2v) is 5.31. The second kappa shape index (κ2) is 5.53. The van der Waals surface area contributed by atoms with Gasteiger partial charge in [0, 0.05) is 6.20 Å². The molecule has 0 saturated heterocycles. The number of carbonyl (C=O) groups is 1. The number of aromatic nitrogens is 2. The fourth-order valence-corrected chi connectivity index (χ4v) is 2.67. The lowest BCUT2D eigenvalue weighted by Gasteiger charge is -2.08. The molecule has 2 heterocycles. The Bertz CT molecular complexity index is 594. The topological polar surface area (TPSA) is 60.1 Å². The first kappa shape index (κ1) is 13.0. The molecule has 1 amide bonds. The highest BCUT2D eigenvalue weighted by molar-refractivity contribution is 5.92. The maximum atomic E-state index is 12.0. The number of hydrogen-bond acceptors (Lipinski definition) is 3. The summed E-state index contributed by atoms with van der Waals surface area (Å²) in [6, 6.07) is 5.99. The predicted octanol–water partition coefficient (Wildman–Crippen LogP) is 2.83. The number of rotatable bonds is 4. The van der Waals surface area contributed by atoms with Crippen LogP contribution in [0.2, 0.25) is 0 Å². The standard InChI is InChI=1S/C15H19N3O2/c1-11-6-7-13(20-11)10-16-15(19)14-8-9-18(17-14)12-4-2-3-5-12/h6-9,12H,2-5,10H2,1H3,(H,16,19). The van der Waals surface area contributed by atoms with Crippen molar-refractivity contribution >= 4 is 5.91 Å². The summed E-state index contributed by atoms with van der Waals surface area (Å²) in [6.07, 6.45) is 6.73. The number of carbonyl (C=O) groups excluding carboxylic acids is 1. The summed E-state index contributed by atoms with van der Waals surface area (Å²) < 4.78 is 7.35. The molecule has 0 atom stereocenters. The van der Waals surface area contributed by atoms with Crippen molar-refractivity contribution in [1.29, 1.82) is 0 Å². The Morgan fingerprint density at radius 2 is 2.20 bits per heavy atom. The number of aryl methyl sites for hydroxylation is 1. The molecule has 5 nitrogen and oxygen atoms in total. The monoisotopic (exact) mass is 273 g/mol. The SMILES string of the molecule is Cc1ccc(CNC(=O)c2ccn(C3CCCC3)n2)o1. The summed E-state index contributed by atoms with van der Waals surface area (Å²) in [5.41, 5.74) is 0.472. The van der Waals surface area contributed by atoms with Crippen molar-refractivity contribution in [1.82, 2.24) is 15.1 Å². The van der Waals surface area contributed by atoms with Crippen LogP contribution in [0.25, 0.3) is 0 Å². The summed E-state index contributed by atoms with van der Waals surface area (Å²) in [7, 11) is 0. The Morgan fingerprint density at radius 3 is 2.90 bits per heavy atom. The van der Waals surface area contributed by atoms with Crippen molar-refractivity contribution in [3.05, 3.63) is 41.6 Å². The molecule has 2 aromatic heterocycles. The molecule has 0 aromatic carbocycles. The van der Waals surface area contributed by atoms with Gasteiger partial charge in [-0.1, -0.05) is 12.8 Å². The minimum Gasteiger partial charge on any atom is -0.465 e. The molecule has 0 bridgehead atoms.